The van der Waals surface area contributed by atoms with Gasteiger partial charge in [0, 0.05) is 6.04 Å². The molecule has 12 heavy (non-hydrogen) atoms. The van der Waals surface area contributed by atoms with E-state index in [4.69, 9.17) is 0 Å². The minimum atomic E-state index is 0.844. The van der Waals surface area contributed by atoms with Gasteiger partial charge in [0.1, 0.15) is 0 Å². The molecular formula is C11H23N. The molecule has 1 heteroatoms. The first-order chi connectivity index (χ1) is 5.75. The molecule has 1 aliphatic heterocycles. The van der Waals surface area contributed by atoms with Gasteiger partial charge in [-0.05, 0) is 38.3 Å². The lowest BCUT2D eigenvalue weighted by atomic mass is 9.93. The maximum Gasteiger partial charge on any atom is 0.0118 e. The Morgan fingerprint density at radius 3 is 2.67 bits per heavy atom. The van der Waals surface area contributed by atoms with Crippen LogP contribution in [0.4, 0.5) is 0 Å². The monoisotopic (exact) mass is 169 g/mol. The van der Waals surface area contributed by atoms with Crippen molar-refractivity contribution in [2.45, 2.75) is 52.5 Å². The number of hydrogen-bond donors (Lipinski definition) is 0. The predicted molar refractivity (Wildman–Crippen MR) is 54.3 cm³/mol. The molecule has 0 bridgehead atoms. The van der Waals surface area contributed by atoms with Crippen LogP contribution in [-0.2, 0) is 0 Å². The fourth-order valence-corrected chi connectivity index (χ4v) is 2.34. The molecule has 0 aromatic heterocycles. The van der Waals surface area contributed by atoms with Crippen molar-refractivity contribution in [2.24, 2.45) is 5.92 Å². The Hall–Kier alpha value is -0.0400. The highest BCUT2D eigenvalue weighted by atomic mass is 15.2. The summed E-state index contributed by atoms with van der Waals surface area (Å²) in [6.45, 7) is 9.66. The molecule has 0 radical (unpaired) electrons. The van der Waals surface area contributed by atoms with Gasteiger partial charge in [-0.3, -0.25) is 0 Å². The Morgan fingerprint density at radius 1 is 1.33 bits per heavy atom. The van der Waals surface area contributed by atoms with E-state index in [1.807, 2.05) is 0 Å². The van der Waals surface area contributed by atoms with Gasteiger partial charge in [-0.2, -0.15) is 0 Å². The van der Waals surface area contributed by atoms with Gasteiger partial charge < -0.3 is 4.90 Å². The number of likely N-dealkylation sites (tertiary alicyclic amines) is 1. The second-order valence-corrected chi connectivity index (χ2v) is 4.34. The highest BCUT2D eigenvalue weighted by molar-refractivity contribution is 4.78. The highest BCUT2D eigenvalue weighted by Crippen LogP contribution is 2.22. The van der Waals surface area contributed by atoms with Crippen molar-refractivity contribution in [3.05, 3.63) is 0 Å². The van der Waals surface area contributed by atoms with Crippen LogP contribution < -0.4 is 0 Å². The Bertz CT molecular complexity index is 118. The smallest absolute Gasteiger partial charge is 0.0118 e. The molecule has 1 unspecified atom stereocenters. The third-order valence-corrected chi connectivity index (χ3v) is 2.94. The molecular weight excluding hydrogens is 146 g/mol. The van der Waals surface area contributed by atoms with Crippen LogP contribution in [0.2, 0.25) is 0 Å². The number of piperidine rings is 1. The lowest BCUT2D eigenvalue weighted by Gasteiger charge is -2.38. The fraction of sp³-hybridized carbons (Fsp3) is 1.00. The van der Waals surface area contributed by atoms with E-state index in [2.05, 4.69) is 25.7 Å². The molecule has 72 valence electrons. The van der Waals surface area contributed by atoms with E-state index in [1.165, 1.54) is 38.8 Å². The van der Waals surface area contributed by atoms with Crippen LogP contribution in [0.15, 0.2) is 0 Å². The molecule has 0 spiro atoms. The van der Waals surface area contributed by atoms with Crippen LogP contribution in [0.1, 0.15) is 46.5 Å². The van der Waals surface area contributed by atoms with Crippen LogP contribution in [0.25, 0.3) is 0 Å². The van der Waals surface area contributed by atoms with Gasteiger partial charge in [0.2, 0.25) is 0 Å². The Labute approximate surface area is 77.1 Å². The molecule has 0 aromatic rings. The van der Waals surface area contributed by atoms with Crippen LogP contribution in [0.5, 0.6) is 0 Å². The van der Waals surface area contributed by atoms with E-state index in [1.54, 1.807) is 0 Å². The van der Waals surface area contributed by atoms with E-state index >= 15 is 0 Å². The number of rotatable bonds is 3. The van der Waals surface area contributed by atoms with Crippen molar-refractivity contribution in [3.8, 4) is 0 Å². The van der Waals surface area contributed by atoms with Crippen LogP contribution in [0.3, 0.4) is 0 Å². The Kier molecular flexibility index (Phi) is 4.07. The lowest BCUT2D eigenvalue weighted by molar-refractivity contribution is 0.112. The third kappa shape index (κ3) is 2.48. The van der Waals surface area contributed by atoms with Crippen molar-refractivity contribution in [1.82, 2.24) is 4.90 Å². The molecule has 1 heterocycles. The maximum atomic E-state index is 2.69. The van der Waals surface area contributed by atoms with Gasteiger partial charge in [0.25, 0.3) is 0 Å². The van der Waals surface area contributed by atoms with E-state index in [0.717, 1.165) is 12.0 Å². The lowest BCUT2D eigenvalue weighted by Crippen LogP contribution is -2.42. The molecule has 1 saturated heterocycles. The summed E-state index contributed by atoms with van der Waals surface area (Å²) >= 11 is 0. The van der Waals surface area contributed by atoms with E-state index in [9.17, 15) is 0 Å². The van der Waals surface area contributed by atoms with Gasteiger partial charge in [-0.1, -0.05) is 27.2 Å². The molecule has 0 saturated carbocycles. The summed E-state index contributed by atoms with van der Waals surface area (Å²) in [6, 6.07) is 0.874. The molecule has 1 atom stereocenters. The maximum absolute atomic E-state index is 2.69. The molecule has 0 N–H and O–H groups in total. The first-order valence-electron chi connectivity index (χ1n) is 5.49. The first-order valence-corrected chi connectivity index (χ1v) is 5.49. The van der Waals surface area contributed by atoms with Crippen molar-refractivity contribution in [2.75, 3.05) is 13.1 Å². The molecule has 1 nitrogen and oxygen atoms in total. The predicted octanol–water partition coefficient (Wildman–Crippen LogP) is 2.91. The molecule has 1 fully saturated rings. The summed E-state index contributed by atoms with van der Waals surface area (Å²) in [5.41, 5.74) is 0. The second kappa shape index (κ2) is 4.86. The standard InChI is InChI=1S/C11H23N/c1-4-8-12-9-6-5-7-11(12)10(2)3/h10-11H,4-9H2,1-3H3. The fourth-order valence-electron chi connectivity index (χ4n) is 2.34. The summed E-state index contributed by atoms with van der Waals surface area (Å²) in [6.07, 6.45) is 5.60. The van der Waals surface area contributed by atoms with Crippen molar-refractivity contribution in [3.63, 3.8) is 0 Å². The zero-order valence-electron chi connectivity index (χ0n) is 8.84. The van der Waals surface area contributed by atoms with Crippen LogP contribution in [0, 0.1) is 5.92 Å². The minimum Gasteiger partial charge on any atom is -0.300 e. The molecule has 1 aliphatic rings. The Balaban J connectivity index is 2.42. The van der Waals surface area contributed by atoms with Gasteiger partial charge >= 0.3 is 0 Å². The summed E-state index contributed by atoms with van der Waals surface area (Å²) in [7, 11) is 0. The summed E-state index contributed by atoms with van der Waals surface area (Å²) in [5.74, 6) is 0.844. The Morgan fingerprint density at radius 2 is 2.08 bits per heavy atom. The van der Waals surface area contributed by atoms with E-state index < -0.39 is 0 Å². The topological polar surface area (TPSA) is 3.24 Å². The van der Waals surface area contributed by atoms with Gasteiger partial charge in [0.15, 0.2) is 0 Å². The largest absolute Gasteiger partial charge is 0.300 e. The van der Waals surface area contributed by atoms with Crippen molar-refractivity contribution in [1.29, 1.82) is 0 Å². The minimum absolute atomic E-state index is 0.844. The normalized spacial score (nSPS) is 26.5. The summed E-state index contributed by atoms with van der Waals surface area (Å²) in [4.78, 5) is 2.69. The SMILES string of the molecule is CCCN1CCCCC1C(C)C. The van der Waals surface area contributed by atoms with Gasteiger partial charge in [-0.25, -0.2) is 0 Å². The zero-order valence-corrected chi connectivity index (χ0v) is 8.84. The highest BCUT2D eigenvalue weighted by Gasteiger charge is 2.23. The van der Waals surface area contributed by atoms with Crippen LogP contribution in [-0.4, -0.2) is 24.0 Å². The second-order valence-electron chi connectivity index (χ2n) is 4.34. The first kappa shape index (κ1) is 10.0. The number of nitrogens with zero attached hydrogens (tertiary/aromatic N) is 1. The van der Waals surface area contributed by atoms with Crippen molar-refractivity contribution < 1.29 is 0 Å². The quantitative estimate of drug-likeness (QED) is 0.628. The van der Waals surface area contributed by atoms with Gasteiger partial charge in [-0.15, -0.1) is 0 Å². The molecule has 1 rings (SSSR count). The molecule has 0 aliphatic carbocycles. The average Bonchev–Trinajstić information content (AvgIpc) is 2.05. The van der Waals surface area contributed by atoms with Gasteiger partial charge in [0.05, 0.1) is 0 Å². The number of hydrogen-bond acceptors (Lipinski definition) is 1. The summed E-state index contributed by atoms with van der Waals surface area (Å²) < 4.78 is 0. The van der Waals surface area contributed by atoms with E-state index in [-0.39, 0.29) is 0 Å². The van der Waals surface area contributed by atoms with Crippen LogP contribution >= 0.6 is 0 Å². The zero-order chi connectivity index (χ0) is 8.97. The molecule has 0 aromatic carbocycles. The third-order valence-electron chi connectivity index (χ3n) is 2.94. The van der Waals surface area contributed by atoms with Crippen molar-refractivity contribution >= 4 is 0 Å². The molecule has 0 amide bonds. The average molecular weight is 169 g/mol. The van der Waals surface area contributed by atoms with E-state index in [0.29, 0.717) is 0 Å². The summed E-state index contributed by atoms with van der Waals surface area (Å²) in [5, 5.41) is 0.